The lowest BCUT2D eigenvalue weighted by Gasteiger charge is -2.34. The lowest BCUT2D eigenvalue weighted by Crippen LogP contribution is -2.49. The molecule has 3 nitrogen and oxygen atoms in total. The van der Waals surface area contributed by atoms with E-state index in [0.29, 0.717) is 24.0 Å². The van der Waals surface area contributed by atoms with Crippen LogP contribution in [0.5, 0.6) is 0 Å². The first-order valence-corrected chi connectivity index (χ1v) is 7.13. The van der Waals surface area contributed by atoms with Crippen LogP contribution < -0.4 is 5.32 Å². The maximum absolute atomic E-state index is 5.96. The third kappa shape index (κ3) is 4.57. The summed E-state index contributed by atoms with van der Waals surface area (Å²) in [5.74, 6) is 1.16. The second-order valence-electron chi connectivity index (χ2n) is 5.27. The topological polar surface area (TPSA) is 30.5 Å². The van der Waals surface area contributed by atoms with Gasteiger partial charge in [-0.15, -0.1) is 0 Å². The van der Waals surface area contributed by atoms with E-state index < -0.39 is 0 Å². The number of ether oxygens (including phenoxy) is 2. The second kappa shape index (κ2) is 8.06. The molecule has 3 heteroatoms. The van der Waals surface area contributed by atoms with Gasteiger partial charge < -0.3 is 14.8 Å². The summed E-state index contributed by atoms with van der Waals surface area (Å²) in [5.41, 5.74) is 0. The summed E-state index contributed by atoms with van der Waals surface area (Å²) in [4.78, 5) is 0. The average molecular weight is 243 g/mol. The Morgan fingerprint density at radius 2 is 2.12 bits per heavy atom. The molecule has 0 aromatic heterocycles. The molecule has 1 saturated heterocycles. The van der Waals surface area contributed by atoms with E-state index >= 15 is 0 Å². The van der Waals surface area contributed by atoms with Crippen molar-refractivity contribution in [2.45, 2.75) is 52.7 Å². The summed E-state index contributed by atoms with van der Waals surface area (Å²) < 4.78 is 11.5. The van der Waals surface area contributed by atoms with Crippen molar-refractivity contribution in [2.24, 2.45) is 11.8 Å². The lowest BCUT2D eigenvalue weighted by atomic mass is 9.88. The molecule has 1 fully saturated rings. The number of hydrogen-bond donors (Lipinski definition) is 1. The van der Waals surface area contributed by atoms with Crippen LogP contribution in [0.3, 0.4) is 0 Å². The van der Waals surface area contributed by atoms with Crippen LogP contribution in [-0.4, -0.2) is 38.5 Å². The van der Waals surface area contributed by atoms with Gasteiger partial charge in [-0.1, -0.05) is 20.8 Å². The molecule has 0 spiro atoms. The van der Waals surface area contributed by atoms with E-state index in [4.69, 9.17) is 9.47 Å². The Bertz CT molecular complexity index is 191. The van der Waals surface area contributed by atoms with Gasteiger partial charge in [0.05, 0.1) is 12.7 Å². The van der Waals surface area contributed by atoms with Crippen LogP contribution in [0.15, 0.2) is 0 Å². The van der Waals surface area contributed by atoms with Crippen molar-refractivity contribution in [1.29, 1.82) is 0 Å². The standard InChI is InChI=1S/C14H29NO2/c1-5-8-15-13(12-7-9-16-10-12)14(11(3)4)17-6-2/h11-15H,5-10H2,1-4H3. The van der Waals surface area contributed by atoms with Gasteiger partial charge in [0.1, 0.15) is 0 Å². The van der Waals surface area contributed by atoms with Crippen LogP contribution in [0, 0.1) is 11.8 Å². The van der Waals surface area contributed by atoms with Gasteiger partial charge >= 0.3 is 0 Å². The number of rotatable bonds is 8. The first-order valence-electron chi connectivity index (χ1n) is 7.13. The molecular weight excluding hydrogens is 214 g/mol. The molecule has 1 N–H and O–H groups in total. The molecule has 0 aliphatic carbocycles. The SMILES string of the molecule is CCCNC(C1CCOC1)C(OCC)C(C)C. The van der Waals surface area contributed by atoms with Crippen LogP contribution in [0.4, 0.5) is 0 Å². The van der Waals surface area contributed by atoms with E-state index in [9.17, 15) is 0 Å². The van der Waals surface area contributed by atoms with Crippen molar-refractivity contribution in [1.82, 2.24) is 5.32 Å². The fourth-order valence-corrected chi connectivity index (χ4v) is 2.60. The summed E-state index contributed by atoms with van der Waals surface area (Å²) in [6.07, 6.45) is 2.64. The molecule has 102 valence electrons. The summed E-state index contributed by atoms with van der Waals surface area (Å²) >= 11 is 0. The number of hydrogen-bond acceptors (Lipinski definition) is 3. The van der Waals surface area contributed by atoms with Crippen LogP contribution in [-0.2, 0) is 9.47 Å². The van der Waals surface area contributed by atoms with Crippen molar-refractivity contribution in [2.75, 3.05) is 26.4 Å². The van der Waals surface area contributed by atoms with Crippen LogP contribution >= 0.6 is 0 Å². The molecule has 0 aromatic rings. The Morgan fingerprint density at radius 1 is 1.35 bits per heavy atom. The molecule has 3 unspecified atom stereocenters. The predicted molar refractivity (Wildman–Crippen MR) is 71.3 cm³/mol. The Hall–Kier alpha value is -0.120. The summed E-state index contributed by atoms with van der Waals surface area (Å²) in [5, 5.41) is 3.67. The minimum Gasteiger partial charge on any atom is -0.381 e. The highest BCUT2D eigenvalue weighted by molar-refractivity contribution is 4.87. The first kappa shape index (κ1) is 14.9. The Balaban J connectivity index is 2.63. The molecule has 17 heavy (non-hydrogen) atoms. The maximum Gasteiger partial charge on any atom is 0.0754 e. The Labute approximate surface area is 106 Å². The van der Waals surface area contributed by atoms with Gasteiger partial charge in [-0.05, 0) is 32.2 Å². The smallest absolute Gasteiger partial charge is 0.0754 e. The third-order valence-corrected chi connectivity index (χ3v) is 3.47. The van der Waals surface area contributed by atoms with Crippen molar-refractivity contribution in [3.05, 3.63) is 0 Å². The fourth-order valence-electron chi connectivity index (χ4n) is 2.60. The van der Waals surface area contributed by atoms with Gasteiger partial charge in [0.15, 0.2) is 0 Å². The highest BCUT2D eigenvalue weighted by atomic mass is 16.5. The second-order valence-corrected chi connectivity index (χ2v) is 5.27. The van der Waals surface area contributed by atoms with Gasteiger partial charge in [0, 0.05) is 25.2 Å². The van der Waals surface area contributed by atoms with Gasteiger partial charge in [-0.2, -0.15) is 0 Å². The summed E-state index contributed by atoms with van der Waals surface area (Å²) in [6, 6.07) is 0.442. The molecular formula is C14H29NO2. The van der Waals surface area contributed by atoms with E-state index in [1.54, 1.807) is 0 Å². The highest BCUT2D eigenvalue weighted by Gasteiger charge is 2.33. The van der Waals surface area contributed by atoms with Crippen molar-refractivity contribution < 1.29 is 9.47 Å². The quantitative estimate of drug-likeness (QED) is 0.710. The maximum atomic E-state index is 5.96. The molecule has 0 bridgehead atoms. The van der Waals surface area contributed by atoms with Gasteiger partial charge in [-0.3, -0.25) is 0 Å². The third-order valence-electron chi connectivity index (χ3n) is 3.47. The molecule has 1 rings (SSSR count). The molecule has 0 radical (unpaired) electrons. The minimum atomic E-state index is 0.304. The average Bonchev–Trinajstić information content (AvgIpc) is 2.81. The van der Waals surface area contributed by atoms with Crippen molar-refractivity contribution in [3.63, 3.8) is 0 Å². The first-order chi connectivity index (χ1) is 8.20. The summed E-state index contributed by atoms with van der Waals surface area (Å²) in [7, 11) is 0. The van der Waals surface area contributed by atoms with E-state index in [1.165, 1.54) is 6.42 Å². The minimum absolute atomic E-state index is 0.304. The van der Waals surface area contributed by atoms with Crippen LogP contribution in [0.25, 0.3) is 0 Å². The van der Waals surface area contributed by atoms with Crippen molar-refractivity contribution >= 4 is 0 Å². The number of nitrogens with one attached hydrogen (secondary N) is 1. The van der Waals surface area contributed by atoms with Gasteiger partial charge in [0.25, 0.3) is 0 Å². The van der Waals surface area contributed by atoms with E-state index in [1.807, 2.05) is 0 Å². The largest absolute Gasteiger partial charge is 0.381 e. The lowest BCUT2D eigenvalue weighted by molar-refractivity contribution is -0.0130. The molecule has 0 aromatic carbocycles. The predicted octanol–water partition coefficient (Wildman–Crippen LogP) is 2.45. The van der Waals surface area contributed by atoms with Gasteiger partial charge in [-0.25, -0.2) is 0 Å². The normalized spacial score (nSPS) is 24.2. The van der Waals surface area contributed by atoms with Gasteiger partial charge in [0.2, 0.25) is 0 Å². The van der Waals surface area contributed by atoms with Crippen LogP contribution in [0.2, 0.25) is 0 Å². The van der Waals surface area contributed by atoms with E-state index in [0.717, 1.165) is 32.8 Å². The Kier molecular flexibility index (Phi) is 7.09. The molecule has 1 aliphatic rings. The van der Waals surface area contributed by atoms with E-state index in [2.05, 4.69) is 33.0 Å². The summed E-state index contributed by atoms with van der Waals surface area (Å²) in [6.45, 7) is 12.4. The zero-order valence-electron chi connectivity index (χ0n) is 11.9. The Morgan fingerprint density at radius 3 is 2.59 bits per heavy atom. The fraction of sp³-hybridized carbons (Fsp3) is 1.00. The molecule has 1 heterocycles. The molecule has 3 atom stereocenters. The highest BCUT2D eigenvalue weighted by Crippen LogP contribution is 2.24. The van der Waals surface area contributed by atoms with E-state index in [-0.39, 0.29) is 0 Å². The zero-order chi connectivity index (χ0) is 12.7. The molecule has 0 amide bonds. The molecule has 1 aliphatic heterocycles. The van der Waals surface area contributed by atoms with Crippen molar-refractivity contribution in [3.8, 4) is 0 Å². The monoisotopic (exact) mass is 243 g/mol. The zero-order valence-corrected chi connectivity index (χ0v) is 11.9. The van der Waals surface area contributed by atoms with Crippen LogP contribution in [0.1, 0.15) is 40.5 Å². The molecule has 0 saturated carbocycles.